The molecule has 1 N–H and O–H groups in total. The number of carbonyl (C=O) groups is 2. The average Bonchev–Trinajstić information content (AvgIpc) is 3.36. The molecule has 8 nitrogen and oxygen atoms in total. The summed E-state index contributed by atoms with van der Waals surface area (Å²) in [6.07, 6.45) is 3.62. The Kier molecular flexibility index (Phi) is 5.39. The fraction of sp³-hybridized carbons (Fsp3) is 0.350. The first kappa shape index (κ1) is 19.3. The van der Waals surface area contributed by atoms with Gasteiger partial charge in [0.2, 0.25) is 5.91 Å². The minimum atomic E-state index is -0.542. The summed E-state index contributed by atoms with van der Waals surface area (Å²) in [6, 6.07) is 6.95. The van der Waals surface area contributed by atoms with Gasteiger partial charge in [-0.2, -0.15) is 0 Å². The molecule has 1 aliphatic heterocycles. The van der Waals surface area contributed by atoms with E-state index in [1.807, 2.05) is 31.2 Å². The van der Waals surface area contributed by atoms with Gasteiger partial charge in [-0.1, -0.05) is 23.5 Å². The molecule has 0 unspecified atom stereocenters. The van der Waals surface area contributed by atoms with Crippen molar-refractivity contribution in [3.05, 3.63) is 47.1 Å². The third-order valence-electron chi connectivity index (χ3n) is 4.92. The third kappa shape index (κ3) is 4.04. The number of rotatable bonds is 4. The zero-order valence-electron chi connectivity index (χ0n) is 16.2. The summed E-state index contributed by atoms with van der Waals surface area (Å²) in [5.41, 5.74) is 1.82. The van der Waals surface area contributed by atoms with Crippen LogP contribution < -0.4 is 5.32 Å². The molecule has 3 heterocycles. The van der Waals surface area contributed by atoms with E-state index in [4.69, 9.17) is 4.42 Å². The van der Waals surface area contributed by atoms with Crippen molar-refractivity contribution in [1.82, 2.24) is 20.1 Å². The number of amides is 2. The molecule has 1 aliphatic rings. The summed E-state index contributed by atoms with van der Waals surface area (Å²) in [5.74, 6) is -0.0150. The van der Waals surface area contributed by atoms with Crippen LogP contribution in [0, 0.1) is 13.8 Å². The standard InChI is InChI=1S/C20H21N5O3S/c1-12-17(21-11-28-12)20(27)25-9-4-3-8-16(25)18(26)22-15-7-5-6-14(10-15)19-24-23-13(2)29-19/h5-7,10-11,16H,3-4,8-9H2,1-2H3,(H,22,26)/t16-/m0/s1. The molecule has 0 saturated carbocycles. The first-order valence-electron chi connectivity index (χ1n) is 9.45. The minimum absolute atomic E-state index is 0.204. The SMILES string of the molecule is Cc1nnc(-c2cccc(NC(=O)[C@@H]3CCCCN3C(=O)c3ncoc3C)c2)s1. The smallest absolute Gasteiger partial charge is 0.276 e. The summed E-state index contributed by atoms with van der Waals surface area (Å²) in [7, 11) is 0. The fourth-order valence-electron chi connectivity index (χ4n) is 3.46. The maximum atomic E-state index is 13.0. The van der Waals surface area contributed by atoms with Crippen molar-refractivity contribution in [3.63, 3.8) is 0 Å². The third-order valence-corrected chi connectivity index (χ3v) is 5.80. The lowest BCUT2D eigenvalue weighted by molar-refractivity contribution is -0.121. The Hall–Kier alpha value is -3.07. The molecule has 4 rings (SSSR count). The highest BCUT2D eigenvalue weighted by molar-refractivity contribution is 7.14. The second-order valence-corrected chi connectivity index (χ2v) is 8.15. The predicted octanol–water partition coefficient (Wildman–Crippen LogP) is 3.44. The number of nitrogens with zero attached hydrogens (tertiary/aromatic N) is 4. The maximum Gasteiger partial charge on any atom is 0.276 e. The Morgan fingerprint density at radius 1 is 1.24 bits per heavy atom. The second kappa shape index (κ2) is 8.12. The lowest BCUT2D eigenvalue weighted by Crippen LogP contribution is -2.50. The lowest BCUT2D eigenvalue weighted by atomic mass is 10.0. The van der Waals surface area contributed by atoms with Gasteiger partial charge in [0, 0.05) is 17.8 Å². The number of anilines is 1. The number of hydrogen-bond acceptors (Lipinski definition) is 7. The minimum Gasteiger partial charge on any atom is -0.448 e. The fourth-order valence-corrected chi connectivity index (χ4v) is 4.15. The number of aryl methyl sites for hydroxylation is 2. The van der Waals surface area contributed by atoms with Crippen molar-refractivity contribution in [2.24, 2.45) is 0 Å². The number of benzene rings is 1. The highest BCUT2D eigenvalue weighted by Gasteiger charge is 2.34. The van der Waals surface area contributed by atoms with Crippen LogP contribution in [-0.2, 0) is 4.79 Å². The molecule has 1 saturated heterocycles. The largest absolute Gasteiger partial charge is 0.448 e. The van der Waals surface area contributed by atoms with Crippen molar-refractivity contribution >= 4 is 28.8 Å². The molecule has 1 atom stereocenters. The second-order valence-electron chi connectivity index (χ2n) is 6.96. The Morgan fingerprint density at radius 2 is 2.10 bits per heavy atom. The first-order valence-corrected chi connectivity index (χ1v) is 10.3. The number of oxazole rings is 1. The Bertz CT molecular complexity index is 1040. The van der Waals surface area contributed by atoms with Gasteiger partial charge in [0.05, 0.1) is 0 Å². The summed E-state index contributed by atoms with van der Waals surface area (Å²) >= 11 is 1.50. The van der Waals surface area contributed by atoms with Gasteiger partial charge in [-0.3, -0.25) is 9.59 Å². The van der Waals surface area contributed by atoms with Crippen molar-refractivity contribution in [3.8, 4) is 10.6 Å². The number of piperidine rings is 1. The van der Waals surface area contributed by atoms with Crippen LogP contribution in [0.1, 0.15) is 40.5 Å². The number of nitrogens with one attached hydrogen (secondary N) is 1. The Morgan fingerprint density at radius 3 is 2.83 bits per heavy atom. The van der Waals surface area contributed by atoms with Crippen LogP contribution in [0.3, 0.4) is 0 Å². The summed E-state index contributed by atoms with van der Waals surface area (Å²) in [4.78, 5) is 31.5. The molecule has 0 aliphatic carbocycles. The normalized spacial score (nSPS) is 16.6. The van der Waals surface area contributed by atoms with E-state index in [0.29, 0.717) is 24.4 Å². The van der Waals surface area contributed by atoms with E-state index in [0.717, 1.165) is 28.4 Å². The molecule has 2 aromatic heterocycles. The first-order chi connectivity index (χ1) is 14.0. The molecule has 29 heavy (non-hydrogen) atoms. The maximum absolute atomic E-state index is 13.0. The van der Waals surface area contributed by atoms with Crippen LogP contribution in [0.2, 0.25) is 0 Å². The molecular weight excluding hydrogens is 390 g/mol. The molecule has 3 aromatic rings. The van der Waals surface area contributed by atoms with Gasteiger partial charge in [0.1, 0.15) is 21.8 Å². The molecule has 9 heteroatoms. The van der Waals surface area contributed by atoms with E-state index in [1.165, 1.54) is 17.7 Å². The van der Waals surface area contributed by atoms with E-state index in [2.05, 4.69) is 20.5 Å². The van der Waals surface area contributed by atoms with E-state index in [9.17, 15) is 9.59 Å². The molecule has 150 valence electrons. The van der Waals surface area contributed by atoms with Crippen molar-refractivity contribution in [2.45, 2.75) is 39.2 Å². The summed E-state index contributed by atoms with van der Waals surface area (Å²) in [6.45, 7) is 4.12. The van der Waals surface area contributed by atoms with Gasteiger partial charge < -0.3 is 14.6 Å². The quantitative estimate of drug-likeness (QED) is 0.706. The molecular formula is C20H21N5O3S. The van der Waals surface area contributed by atoms with Gasteiger partial charge in [-0.15, -0.1) is 10.2 Å². The van der Waals surface area contributed by atoms with Crippen LogP contribution in [0.4, 0.5) is 5.69 Å². The number of carbonyl (C=O) groups excluding carboxylic acids is 2. The summed E-state index contributed by atoms with van der Waals surface area (Å²) in [5, 5.41) is 12.8. The molecule has 0 bridgehead atoms. The van der Waals surface area contributed by atoms with Crippen LogP contribution in [0.5, 0.6) is 0 Å². The molecule has 1 fully saturated rings. The van der Waals surface area contributed by atoms with Crippen LogP contribution in [0.15, 0.2) is 35.1 Å². The highest BCUT2D eigenvalue weighted by Crippen LogP contribution is 2.27. The van der Waals surface area contributed by atoms with Gasteiger partial charge in [-0.25, -0.2) is 4.98 Å². The van der Waals surface area contributed by atoms with Crippen molar-refractivity contribution in [1.29, 1.82) is 0 Å². The topological polar surface area (TPSA) is 101 Å². The Labute approximate surface area is 172 Å². The van der Waals surface area contributed by atoms with Crippen LogP contribution in [-0.4, -0.2) is 44.5 Å². The zero-order valence-corrected chi connectivity index (χ0v) is 17.0. The molecule has 2 amide bonds. The van der Waals surface area contributed by atoms with E-state index < -0.39 is 6.04 Å². The predicted molar refractivity (Wildman–Crippen MR) is 109 cm³/mol. The number of likely N-dealkylation sites (tertiary alicyclic amines) is 1. The number of hydrogen-bond donors (Lipinski definition) is 1. The monoisotopic (exact) mass is 411 g/mol. The van der Waals surface area contributed by atoms with E-state index >= 15 is 0 Å². The summed E-state index contributed by atoms with van der Waals surface area (Å²) < 4.78 is 5.16. The molecule has 1 aromatic carbocycles. The van der Waals surface area contributed by atoms with Crippen molar-refractivity contribution < 1.29 is 14.0 Å². The zero-order chi connectivity index (χ0) is 20.4. The van der Waals surface area contributed by atoms with Gasteiger partial charge in [0.15, 0.2) is 12.1 Å². The van der Waals surface area contributed by atoms with Crippen LogP contribution in [0.25, 0.3) is 10.6 Å². The van der Waals surface area contributed by atoms with Gasteiger partial charge >= 0.3 is 0 Å². The van der Waals surface area contributed by atoms with Gasteiger partial charge in [-0.05, 0) is 45.2 Å². The number of aromatic nitrogens is 3. The highest BCUT2D eigenvalue weighted by atomic mass is 32.1. The molecule has 0 spiro atoms. The molecule has 0 radical (unpaired) electrons. The van der Waals surface area contributed by atoms with E-state index in [-0.39, 0.29) is 17.5 Å². The van der Waals surface area contributed by atoms with Crippen LogP contribution >= 0.6 is 11.3 Å². The average molecular weight is 411 g/mol. The van der Waals surface area contributed by atoms with Crippen molar-refractivity contribution in [2.75, 3.05) is 11.9 Å². The van der Waals surface area contributed by atoms with E-state index in [1.54, 1.807) is 11.8 Å². The lowest BCUT2D eigenvalue weighted by Gasteiger charge is -2.34. The Balaban J connectivity index is 1.52. The van der Waals surface area contributed by atoms with Gasteiger partial charge in [0.25, 0.3) is 5.91 Å².